The second-order valence-corrected chi connectivity index (χ2v) is 5.59. The molecule has 0 saturated heterocycles. The fourth-order valence-corrected chi connectivity index (χ4v) is 3.08. The molecule has 0 fully saturated rings. The highest BCUT2D eigenvalue weighted by Crippen LogP contribution is 2.29. The van der Waals surface area contributed by atoms with Gasteiger partial charge in [-0.05, 0) is 18.2 Å². The van der Waals surface area contributed by atoms with Crippen molar-refractivity contribution < 1.29 is 9.90 Å². The number of aromatic nitrogens is 5. The summed E-state index contributed by atoms with van der Waals surface area (Å²) in [6.45, 7) is 0. The average molecular weight is 311 g/mol. The number of carboxylic acid groups (broad SMARTS) is 1. The van der Waals surface area contributed by atoms with Gasteiger partial charge in [0.05, 0.1) is 11.1 Å². The van der Waals surface area contributed by atoms with Crippen LogP contribution in [0.3, 0.4) is 0 Å². The lowest BCUT2D eigenvalue weighted by atomic mass is 10.4. The number of hydrogen-bond donors (Lipinski definition) is 1. The minimum Gasteiger partial charge on any atom is -0.477 e. The molecule has 0 aliphatic carbocycles. The van der Waals surface area contributed by atoms with Crippen LogP contribution >= 0.6 is 11.3 Å². The van der Waals surface area contributed by atoms with Crippen molar-refractivity contribution in [3.63, 3.8) is 0 Å². The predicted molar refractivity (Wildman–Crippen MR) is 80.4 cm³/mol. The van der Waals surface area contributed by atoms with Crippen LogP contribution in [0.25, 0.3) is 22.0 Å². The Hall–Kier alpha value is -3.00. The van der Waals surface area contributed by atoms with Gasteiger partial charge in [0.25, 0.3) is 0 Å². The van der Waals surface area contributed by atoms with E-state index < -0.39 is 5.97 Å². The average Bonchev–Trinajstić information content (AvgIpc) is 3.24. The van der Waals surface area contributed by atoms with Gasteiger partial charge in [-0.15, -0.1) is 11.3 Å². The minimum absolute atomic E-state index is 0.280. The SMILES string of the molecule is O=C(O)c1ccc(-c2nccn2-c2cnn3cccnc23)s1. The molecule has 7 nitrogen and oxygen atoms in total. The van der Waals surface area contributed by atoms with Crippen molar-refractivity contribution in [3.05, 3.63) is 54.1 Å². The largest absolute Gasteiger partial charge is 0.477 e. The first kappa shape index (κ1) is 12.7. The summed E-state index contributed by atoms with van der Waals surface area (Å²) in [6, 6.07) is 5.14. The van der Waals surface area contributed by atoms with Crippen molar-refractivity contribution >= 4 is 23.0 Å². The van der Waals surface area contributed by atoms with Crippen molar-refractivity contribution in [1.82, 2.24) is 24.1 Å². The zero-order valence-corrected chi connectivity index (χ0v) is 11.9. The monoisotopic (exact) mass is 311 g/mol. The third kappa shape index (κ3) is 1.89. The summed E-state index contributed by atoms with van der Waals surface area (Å²) in [5, 5.41) is 13.3. The zero-order valence-electron chi connectivity index (χ0n) is 11.1. The lowest BCUT2D eigenvalue weighted by molar-refractivity contribution is 0.0702. The maximum Gasteiger partial charge on any atom is 0.345 e. The molecule has 4 aromatic heterocycles. The summed E-state index contributed by atoms with van der Waals surface area (Å²) in [6.07, 6.45) is 8.70. The van der Waals surface area contributed by atoms with Gasteiger partial charge < -0.3 is 5.11 Å². The molecule has 0 aliphatic rings. The standard InChI is InChI=1S/C14H9N5O2S/c20-14(21)11-3-2-10(22-11)13-16-5-7-18(13)9-8-17-19-6-1-4-15-12(9)19/h1-8H,(H,20,21). The first-order valence-electron chi connectivity index (χ1n) is 6.39. The van der Waals surface area contributed by atoms with Crippen molar-refractivity contribution in [2.45, 2.75) is 0 Å². The molecule has 8 heteroatoms. The number of nitrogens with zero attached hydrogens (tertiary/aromatic N) is 5. The van der Waals surface area contributed by atoms with E-state index in [0.29, 0.717) is 11.5 Å². The van der Waals surface area contributed by atoms with Gasteiger partial charge in [0.2, 0.25) is 0 Å². The van der Waals surface area contributed by atoms with Crippen LogP contribution in [0.1, 0.15) is 9.67 Å². The van der Waals surface area contributed by atoms with E-state index in [0.717, 1.165) is 10.6 Å². The molecular formula is C14H9N5O2S. The highest BCUT2D eigenvalue weighted by atomic mass is 32.1. The Morgan fingerprint density at radius 2 is 2.09 bits per heavy atom. The number of rotatable bonds is 3. The van der Waals surface area contributed by atoms with Crippen LogP contribution in [-0.2, 0) is 0 Å². The van der Waals surface area contributed by atoms with Crippen LogP contribution in [-0.4, -0.2) is 35.2 Å². The number of hydrogen-bond acceptors (Lipinski definition) is 5. The Kier molecular flexibility index (Phi) is 2.76. The molecule has 1 N–H and O–H groups in total. The van der Waals surface area contributed by atoms with Gasteiger partial charge in [0.15, 0.2) is 11.5 Å². The predicted octanol–water partition coefficient (Wildman–Crippen LogP) is 2.34. The lowest BCUT2D eigenvalue weighted by Crippen LogP contribution is -1.96. The first-order valence-corrected chi connectivity index (χ1v) is 7.21. The lowest BCUT2D eigenvalue weighted by Gasteiger charge is -2.03. The molecule has 4 aromatic rings. The van der Waals surface area contributed by atoms with E-state index in [-0.39, 0.29) is 4.88 Å². The number of aromatic carboxylic acids is 1. The highest BCUT2D eigenvalue weighted by Gasteiger charge is 2.16. The van der Waals surface area contributed by atoms with E-state index in [1.54, 1.807) is 47.5 Å². The second kappa shape index (κ2) is 4.78. The summed E-state index contributed by atoms with van der Waals surface area (Å²) in [7, 11) is 0. The molecule has 0 radical (unpaired) electrons. The summed E-state index contributed by atoms with van der Waals surface area (Å²) in [5.74, 6) is -0.273. The Balaban J connectivity index is 1.87. The third-order valence-electron chi connectivity index (χ3n) is 3.20. The highest BCUT2D eigenvalue weighted by molar-refractivity contribution is 7.17. The van der Waals surface area contributed by atoms with Crippen LogP contribution < -0.4 is 0 Å². The molecule has 0 saturated carbocycles. The number of carbonyl (C=O) groups is 1. The topological polar surface area (TPSA) is 85.3 Å². The smallest absolute Gasteiger partial charge is 0.345 e. The van der Waals surface area contributed by atoms with E-state index >= 15 is 0 Å². The van der Waals surface area contributed by atoms with Gasteiger partial charge in [-0.25, -0.2) is 19.3 Å². The van der Waals surface area contributed by atoms with Gasteiger partial charge in [-0.3, -0.25) is 4.57 Å². The van der Waals surface area contributed by atoms with Crippen molar-refractivity contribution in [2.75, 3.05) is 0 Å². The van der Waals surface area contributed by atoms with E-state index in [1.807, 2.05) is 10.8 Å². The van der Waals surface area contributed by atoms with Crippen molar-refractivity contribution in [2.24, 2.45) is 0 Å². The van der Waals surface area contributed by atoms with Crippen LogP contribution in [0, 0.1) is 0 Å². The Bertz CT molecular complexity index is 984. The molecule has 0 unspecified atom stereocenters. The molecule has 0 atom stereocenters. The Morgan fingerprint density at radius 1 is 1.18 bits per heavy atom. The quantitative estimate of drug-likeness (QED) is 0.627. The second-order valence-electron chi connectivity index (χ2n) is 4.51. The van der Waals surface area contributed by atoms with Crippen LogP contribution in [0.15, 0.2) is 49.2 Å². The number of imidazole rings is 1. The molecule has 108 valence electrons. The van der Waals surface area contributed by atoms with Crippen LogP contribution in [0.4, 0.5) is 0 Å². The Labute approximate surface area is 128 Å². The van der Waals surface area contributed by atoms with Crippen LogP contribution in [0.5, 0.6) is 0 Å². The van der Waals surface area contributed by atoms with Crippen molar-refractivity contribution in [1.29, 1.82) is 0 Å². The van der Waals surface area contributed by atoms with E-state index in [2.05, 4.69) is 15.1 Å². The maximum atomic E-state index is 11.0. The molecule has 0 aromatic carbocycles. The van der Waals surface area contributed by atoms with Gasteiger partial charge >= 0.3 is 5.97 Å². The van der Waals surface area contributed by atoms with Gasteiger partial charge in [-0.1, -0.05) is 0 Å². The molecular weight excluding hydrogens is 302 g/mol. The van der Waals surface area contributed by atoms with Crippen molar-refractivity contribution in [3.8, 4) is 16.4 Å². The van der Waals surface area contributed by atoms with Gasteiger partial charge in [0, 0.05) is 24.8 Å². The minimum atomic E-state index is -0.938. The number of fused-ring (bicyclic) bond motifs is 1. The Morgan fingerprint density at radius 3 is 2.91 bits per heavy atom. The number of thiophene rings is 1. The summed E-state index contributed by atoms with van der Waals surface area (Å²) in [4.78, 5) is 20.8. The summed E-state index contributed by atoms with van der Waals surface area (Å²) < 4.78 is 3.53. The maximum absolute atomic E-state index is 11.0. The fourth-order valence-electron chi connectivity index (χ4n) is 2.24. The number of carboxylic acids is 1. The normalized spacial score (nSPS) is 11.1. The van der Waals surface area contributed by atoms with E-state index in [9.17, 15) is 4.79 Å². The van der Waals surface area contributed by atoms with Gasteiger partial charge in [-0.2, -0.15) is 5.10 Å². The molecule has 4 heterocycles. The molecule has 4 rings (SSSR count). The third-order valence-corrected chi connectivity index (χ3v) is 4.27. The molecule has 0 bridgehead atoms. The van der Waals surface area contributed by atoms with Gasteiger partial charge in [0.1, 0.15) is 10.6 Å². The van der Waals surface area contributed by atoms with E-state index in [1.165, 1.54) is 11.3 Å². The first-order chi connectivity index (χ1) is 10.7. The molecule has 0 amide bonds. The molecule has 0 aliphatic heterocycles. The summed E-state index contributed by atoms with van der Waals surface area (Å²) >= 11 is 1.19. The molecule has 22 heavy (non-hydrogen) atoms. The zero-order chi connectivity index (χ0) is 15.1. The fraction of sp³-hybridized carbons (Fsp3) is 0. The van der Waals surface area contributed by atoms with Crippen LogP contribution in [0.2, 0.25) is 0 Å². The summed E-state index contributed by atoms with van der Waals surface area (Å²) in [5.41, 5.74) is 1.50. The van der Waals surface area contributed by atoms with E-state index in [4.69, 9.17) is 5.11 Å². The molecule has 0 spiro atoms.